The lowest BCUT2D eigenvalue weighted by atomic mass is 10.1. The summed E-state index contributed by atoms with van der Waals surface area (Å²) >= 11 is 6.58. The van der Waals surface area contributed by atoms with Crippen LogP contribution in [0.2, 0.25) is 0 Å². The summed E-state index contributed by atoms with van der Waals surface area (Å²) < 4.78 is 20.3. The van der Waals surface area contributed by atoms with Crippen LogP contribution in [0.1, 0.15) is 17.4 Å². The van der Waals surface area contributed by atoms with Gasteiger partial charge in [-0.25, -0.2) is 4.39 Å². The number of benzene rings is 1. The number of hydrogen-bond acceptors (Lipinski definition) is 2. The van der Waals surface area contributed by atoms with Gasteiger partial charge in [-0.2, -0.15) is 0 Å². The van der Waals surface area contributed by atoms with Crippen LogP contribution in [-0.2, 0) is 0 Å². The molecule has 0 aliphatic carbocycles. The molecule has 16 heavy (non-hydrogen) atoms. The summed E-state index contributed by atoms with van der Waals surface area (Å²) in [6, 6.07) is 5.75. The summed E-state index contributed by atoms with van der Waals surface area (Å²) in [7, 11) is 0. The molecule has 0 aliphatic rings. The fourth-order valence-corrected chi connectivity index (χ4v) is 2.25. The molecule has 0 saturated carbocycles. The average Bonchev–Trinajstić information content (AvgIpc) is 2.67. The molecule has 2 N–H and O–H groups in total. The second-order valence-corrected chi connectivity index (χ2v) is 5.05. The minimum atomic E-state index is -0.623. The van der Waals surface area contributed by atoms with Crippen LogP contribution in [-0.4, -0.2) is 0 Å². The van der Waals surface area contributed by atoms with Crippen molar-refractivity contribution in [2.45, 2.75) is 6.04 Å². The van der Waals surface area contributed by atoms with Gasteiger partial charge in [0.15, 0.2) is 0 Å². The summed E-state index contributed by atoms with van der Waals surface area (Å²) in [5, 5.41) is 0. The van der Waals surface area contributed by atoms with E-state index in [1.54, 1.807) is 18.2 Å². The number of furan rings is 1. The van der Waals surface area contributed by atoms with E-state index in [9.17, 15) is 4.39 Å². The summed E-state index contributed by atoms with van der Waals surface area (Å²) in [6.45, 7) is 0. The number of halogens is 3. The quantitative estimate of drug-likeness (QED) is 0.891. The molecule has 0 aliphatic heterocycles. The molecule has 84 valence electrons. The zero-order chi connectivity index (χ0) is 11.7. The van der Waals surface area contributed by atoms with E-state index in [0.29, 0.717) is 11.3 Å². The third kappa shape index (κ3) is 2.21. The van der Waals surface area contributed by atoms with E-state index in [4.69, 9.17) is 10.2 Å². The summed E-state index contributed by atoms with van der Waals surface area (Å²) in [5.74, 6) is 0.163. The van der Waals surface area contributed by atoms with Crippen molar-refractivity contribution in [2.75, 3.05) is 0 Å². The SMILES string of the molecule is NC(c1cc(Br)ccc1F)c1occc1Br. The minimum Gasteiger partial charge on any atom is -0.466 e. The Labute approximate surface area is 109 Å². The van der Waals surface area contributed by atoms with E-state index in [2.05, 4.69) is 31.9 Å². The van der Waals surface area contributed by atoms with E-state index < -0.39 is 6.04 Å². The normalized spacial score (nSPS) is 12.8. The van der Waals surface area contributed by atoms with E-state index in [1.807, 2.05) is 0 Å². The Morgan fingerprint density at radius 2 is 2.00 bits per heavy atom. The van der Waals surface area contributed by atoms with Crippen LogP contribution in [0.4, 0.5) is 4.39 Å². The summed E-state index contributed by atoms with van der Waals surface area (Å²) in [4.78, 5) is 0. The molecule has 0 spiro atoms. The topological polar surface area (TPSA) is 39.2 Å². The monoisotopic (exact) mass is 347 g/mol. The Morgan fingerprint density at radius 3 is 2.62 bits per heavy atom. The number of hydrogen-bond donors (Lipinski definition) is 1. The largest absolute Gasteiger partial charge is 0.466 e. The van der Waals surface area contributed by atoms with Crippen molar-refractivity contribution in [1.29, 1.82) is 0 Å². The highest BCUT2D eigenvalue weighted by atomic mass is 79.9. The van der Waals surface area contributed by atoms with Crippen molar-refractivity contribution < 1.29 is 8.81 Å². The molecule has 1 heterocycles. The van der Waals surface area contributed by atoms with Crippen LogP contribution in [0.5, 0.6) is 0 Å². The average molecular weight is 349 g/mol. The molecular weight excluding hydrogens is 341 g/mol. The van der Waals surface area contributed by atoms with Gasteiger partial charge >= 0.3 is 0 Å². The van der Waals surface area contributed by atoms with Crippen molar-refractivity contribution >= 4 is 31.9 Å². The van der Waals surface area contributed by atoms with Crippen molar-refractivity contribution in [1.82, 2.24) is 0 Å². The Kier molecular flexibility index (Phi) is 3.47. The third-order valence-corrected chi connectivity index (χ3v) is 3.37. The Balaban J connectivity index is 2.45. The molecule has 1 aromatic carbocycles. The van der Waals surface area contributed by atoms with Gasteiger partial charge in [0.25, 0.3) is 0 Å². The highest BCUT2D eigenvalue weighted by Gasteiger charge is 2.19. The van der Waals surface area contributed by atoms with Gasteiger partial charge < -0.3 is 10.2 Å². The first-order valence-corrected chi connectivity index (χ1v) is 6.11. The van der Waals surface area contributed by atoms with Crippen LogP contribution in [0, 0.1) is 5.82 Å². The highest BCUT2D eigenvalue weighted by Crippen LogP contribution is 2.30. The Bertz CT molecular complexity index is 512. The van der Waals surface area contributed by atoms with E-state index >= 15 is 0 Å². The summed E-state index contributed by atoms with van der Waals surface area (Å²) in [5.41, 5.74) is 6.34. The van der Waals surface area contributed by atoms with E-state index in [-0.39, 0.29) is 5.82 Å². The Morgan fingerprint density at radius 1 is 1.25 bits per heavy atom. The smallest absolute Gasteiger partial charge is 0.139 e. The van der Waals surface area contributed by atoms with Gasteiger partial charge in [-0.15, -0.1) is 0 Å². The van der Waals surface area contributed by atoms with Crippen LogP contribution in [0.15, 0.2) is 43.9 Å². The molecule has 5 heteroatoms. The van der Waals surface area contributed by atoms with Crippen LogP contribution in [0.25, 0.3) is 0 Å². The van der Waals surface area contributed by atoms with Gasteiger partial charge in [0.05, 0.1) is 16.8 Å². The molecule has 2 nitrogen and oxygen atoms in total. The highest BCUT2D eigenvalue weighted by molar-refractivity contribution is 9.10. The number of nitrogens with two attached hydrogens (primary N) is 1. The molecular formula is C11H8Br2FNO. The molecule has 1 atom stereocenters. The summed E-state index contributed by atoms with van der Waals surface area (Å²) in [6.07, 6.45) is 1.51. The van der Waals surface area contributed by atoms with E-state index in [1.165, 1.54) is 12.3 Å². The molecule has 0 fully saturated rings. The third-order valence-electron chi connectivity index (χ3n) is 2.22. The van der Waals surface area contributed by atoms with Gasteiger partial charge in [-0.1, -0.05) is 15.9 Å². The second kappa shape index (κ2) is 4.69. The molecule has 0 radical (unpaired) electrons. The van der Waals surface area contributed by atoms with Gasteiger partial charge in [-0.05, 0) is 40.2 Å². The van der Waals surface area contributed by atoms with Crippen molar-refractivity contribution in [3.8, 4) is 0 Å². The molecule has 2 rings (SSSR count). The standard InChI is InChI=1S/C11H8Br2FNO/c12-6-1-2-9(14)7(5-6)10(15)11-8(13)3-4-16-11/h1-5,10H,15H2. The van der Waals surface area contributed by atoms with Gasteiger partial charge in [0.1, 0.15) is 11.6 Å². The molecule has 1 aromatic heterocycles. The predicted octanol–water partition coefficient (Wildman–Crippen LogP) is 3.99. The Hall–Kier alpha value is -0.650. The molecule has 0 saturated heterocycles. The van der Waals surface area contributed by atoms with Crippen LogP contribution >= 0.6 is 31.9 Å². The maximum absolute atomic E-state index is 13.6. The number of rotatable bonds is 2. The van der Waals surface area contributed by atoms with Crippen molar-refractivity contribution in [3.05, 3.63) is 56.6 Å². The fourth-order valence-electron chi connectivity index (χ4n) is 1.42. The maximum Gasteiger partial charge on any atom is 0.139 e. The first-order valence-electron chi connectivity index (χ1n) is 4.53. The van der Waals surface area contributed by atoms with Crippen molar-refractivity contribution in [3.63, 3.8) is 0 Å². The molecule has 1 unspecified atom stereocenters. The molecule has 2 aromatic rings. The van der Waals surface area contributed by atoms with Crippen LogP contribution < -0.4 is 5.73 Å². The first kappa shape index (κ1) is 11.8. The zero-order valence-electron chi connectivity index (χ0n) is 8.08. The zero-order valence-corrected chi connectivity index (χ0v) is 11.3. The minimum absolute atomic E-state index is 0.348. The lowest BCUT2D eigenvalue weighted by Crippen LogP contribution is -2.13. The lowest BCUT2D eigenvalue weighted by Gasteiger charge is -2.11. The maximum atomic E-state index is 13.6. The van der Waals surface area contributed by atoms with Crippen molar-refractivity contribution in [2.24, 2.45) is 5.73 Å². The first-order chi connectivity index (χ1) is 7.59. The van der Waals surface area contributed by atoms with Gasteiger partial charge in [0, 0.05) is 10.0 Å². The fraction of sp³-hybridized carbons (Fsp3) is 0.0909. The lowest BCUT2D eigenvalue weighted by molar-refractivity contribution is 0.478. The second-order valence-electron chi connectivity index (χ2n) is 3.28. The van der Waals surface area contributed by atoms with Gasteiger partial charge in [-0.3, -0.25) is 0 Å². The van der Waals surface area contributed by atoms with Gasteiger partial charge in [0.2, 0.25) is 0 Å². The molecule has 0 amide bonds. The molecule has 0 bridgehead atoms. The van der Waals surface area contributed by atoms with E-state index in [0.717, 1.165) is 8.95 Å². The van der Waals surface area contributed by atoms with Crippen LogP contribution in [0.3, 0.4) is 0 Å². The predicted molar refractivity (Wildman–Crippen MR) is 66.5 cm³/mol.